The molecule has 1 aromatic heterocycles. The summed E-state index contributed by atoms with van der Waals surface area (Å²) in [5.74, 6) is -0.163. The molecule has 3 nitrogen and oxygen atoms in total. The van der Waals surface area contributed by atoms with Gasteiger partial charge in [0.25, 0.3) is 0 Å². The van der Waals surface area contributed by atoms with Gasteiger partial charge in [0.05, 0.1) is 5.56 Å². The summed E-state index contributed by atoms with van der Waals surface area (Å²) >= 11 is 0. The lowest BCUT2D eigenvalue weighted by molar-refractivity contribution is -0.138. The minimum absolute atomic E-state index is 0.117. The van der Waals surface area contributed by atoms with E-state index in [0.29, 0.717) is 11.3 Å². The van der Waals surface area contributed by atoms with Crippen LogP contribution in [-0.4, -0.2) is 4.98 Å². The van der Waals surface area contributed by atoms with Crippen molar-refractivity contribution in [2.75, 3.05) is 0 Å². The van der Waals surface area contributed by atoms with E-state index < -0.39 is 11.7 Å². The average Bonchev–Trinajstić information content (AvgIpc) is 2.37. The fourth-order valence-electron chi connectivity index (χ4n) is 2.06. The third-order valence-electron chi connectivity index (χ3n) is 3.04. The summed E-state index contributed by atoms with van der Waals surface area (Å²) in [6.07, 6.45) is -4.49. The maximum Gasteiger partial charge on any atom is 0.419 e. The minimum Gasteiger partial charge on any atom is -0.438 e. The molecule has 0 fully saturated rings. The van der Waals surface area contributed by atoms with E-state index >= 15 is 0 Å². The Bertz CT molecular complexity index is 654. The van der Waals surface area contributed by atoms with Gasteiger partial charge in [0, 0.05) is 17.8 Å². The summed E-state index contributed by atoms with van der Waals surface area (Å²) in [5, 5.41) is 0. The first-order valence-corrected chi connectivity index (χ1v) is 6.34. The normalized spacial score (nSPS) is 11.5. The summed E-state index contributed by atoms with van der Waals surface area (Å²) < 4.78 is 44.3. The van der Waals surface area contributed by atoms with Crippen molar-refractivity contribution >= 4 is 0 Å². The lowest BCUT2D eigenvalue weighted by atomic mass is 10.1. The van der Waals surface area contributed by atoms with Crippen LogP contribution in [0.2, 0.25) is 0 Å². The first-order chi connectivity index (χ1) is 9.82. The lowest BCUT2D eigenvalue weighted by Crippen LogP contribution is -2.09. The molecule has 2 aromatic rings. The Morgan fingerprint density at radius 2 is 1.86 bits per heavy atom. The van der Waals surface area contributed by atoms with E-state index in [4.69, 9.17) is 10.5 Å². The second-order valence-electron chi connectivity index (χ2n) is 4.66. The molecule has 1 aromatic carbocycles. The Hall–Kier alpha value is -2.08. The van der Waals surface area contributed by atoms with E-state index in [-0.39, 0.29) is 18.2 Å². The van der Waals surface area contributed by atoms with Crippen LogP contribution < -0.4 is 10.5 Å². The molecule has 0 amide bonds. The number of ether oxygens (including phenoxy) is 1. The number of hydrogen-bond donors (Lipinski definition) is 1. The molecular weight excluding hydrogens is 281 g/mol. The number of alkyl halides is 3. The van der Waals surface area contributed by atoms with Crippen molar-refractivity contribution < 1.29 is 17.9 Å². The summed E-state index contributed by atoms with van der Waals surface area (Å²) in [5.41, 5.74) is 6.89. The fourth-order valence-corrected chi connectivity index (χ4v) is 2.06. The first kappa shape index (κ1) is 15.3. The maximum absolute atomic E-state index is 13.0. The van der Waals surface area contributed by atoms with E-state index in [1.165, 1.54) is 18.2 Å². The highest BCUT2D eigenvalue weighted by molar-refractivity contribution is 5.42. The number of halogens is 3. The van der Waals surface area contributed by atoms with Crippen molar-refractivity contribution in [2.24, 2.45) is 5.73 Å². The number of rotatable bonds is 3. The Balaban J connectivity index is 2.49. The van der Waals surface area contributed by atoms with Crippen LogP contribution in [0.5, 0.6) is 11.6 Å². The van der Waals surface area contributed by atoms with Gasteiger partial charge in [-0.1, -0.05) is 12.1 Å². The van der Waals surface area contributed by atoms with Crippen LogP contribution in [0, 0.1) is 13.8 Å². The molecule has 0 unspecified atom stereocenters. The van der Waals surface area contributed by atoms with Crippen molar-refractivity contribution in [3.8, 4) is 11.6 Å². The summed E-state index contributed by atoms with van der Waals surface area (Å²) in [6.45, 7) is 3.71. The van der Waals surface area contributed by atoms with E-state index in [2.05, 4.69) is 4.98 Å². The van der Waals surface area contributed by atoms with Crippen LogP contribution >= 0.6 is 0 Å². The van der Waals surface area contributed by atoms with Crippen molar-refractivity contribution in [1.29, 1.82) is 0 Å². The molecule has 0 aliphatic heterocycles. The van der Waals surface area contributed by atoms with Gasteiger partial charge in [-0.15, -0.1) is 0 Å². The SMILES string of the molecule is Cc1cc(C)c(CN)c(Oc2ccccc2C(F)(F)F)n1. The zero-order chi connectivity index (χ0) is 15.6. The number of nitrogens with zero attached hydrogens (tertiary/aromatic N) is 1. The highest BCUT2D eigenvalue weighted by Crippen LogP contribution is 2.38. The van der Waals surface area contributed by atoms with Gasteiger partial charge < -0.3 is 10.5 Å². The van der Waals surface area contributed by atoms with Gasteiger partial charge >= 0.3 is 6.18 Å². The molecule has 21 heavy (non-hydrogen) atoms. The highest BCUT2D eigenvalue weighted by Gasteiger charge is 2.34. The van der Waals surface area contributed by atoms with Crippen molar-refractivity contribution in [2.45, 2.75) is 26.6 Å². The fraction of sp³-hybridized carbons (Fsp3) is 0.267. The highest BCUT2D eigenvalue weighted by atomic mass is 19.4. The van der Waals surface area contributed by atoms with Gasteiger partial charge in [-0.3, -0.25) is 0 Å². The number of para-hydroxylation sites is 1. The van der Waals surface area contributed by atoms with Crippen LogP contribution in [-0.2, 0) is 12.7 Å². The average molecular weight is 296 g/mol. The van der Waals surface area contributed by atoms with Crippen molar-refractivity contribution in [1.82, 2.24) is 4.98 Å². The zero-order valence-corrected chi connectivity index (χ0v) is 11.7. The van der Waals surface area contributed by atoms with Crippen molar-refractivity contribution in [3.05, 3.63) is 52.7 Å². The molecular formula is C15H15F3N2O. The number of nitrogens with two attached hydrogens (primary N) is 1. The third-order valence-corrected chi connectivity index (χ3v) is 3.04. The molecule has 1 heterocycles. The number of aromatic nitrogens is 1. The number of pyridine rings is 1. The van der Waals surface area contributed by atoms with Gasteiger partial charge in [0.2, 0.25) is 5.88 Å². The monoisotopic (exact) mass is 296 g/mol. The van der Waals surface area contributed by atoms with Gasteiger partial charge in [-0.25, -0.2) is 4.98 Å². The maximum atomic E-state index is 13.0. The number of hydrogen-bond acceptors (Lipinski definition) is 3. The molecule has 0 bridgehead atoms. The van der Waals surface area contributed by atoms with Crippen molar-refractivity contribution in [3.63, 3.8) is 0 Å². The predicted octanol–water partition coefficient (Wildman–Crippen LogP) is 3.97. The van der Waals surface area contributed by atoms with Crippen LogP contribution in [0.15, 0.2) is 30.3 Å². The Morgan fingerprint density at radius 3 is 2.48 bits per heavy atom. The topological polar surface area (TPSA) is 48.1 Å². The predicted molar refractivity (Wildman–Crippen MR) is 73.1 cm³/mol. The molecule has 0 atom stereocenters. The van der Waals surface area contributed by atoms with E-state index in [1.54, 1.807) is 6.92 Å². The summed E-state index contributed by atoms with van der Waals surface area (Å²) in [4.78, 5) is 4.15. The van der Waals surface area contributed by atoms with E-state index in [0.717, 1.165) is 11.6 Å². The molecule has 0 radical (unpaired) electrons. The third kappa shape index (κ3) is 3.33. The van der Waals surface area contributed by atoms with Gasteiger partial charge in [-0.05, 0) is 37.6 Å². The second-order valence-corrected chi connectivity index (χ2v) is 4.66. The van der Waals surface area contributed by atoms with Gasteiger partial charge in [-0.2, -0.15) is 13.2 Å². The zero-order valence-electron chi connectivity index (χ0n) is 11.7. The van der Waals surface area contributed by atoms with Crippen LogP contribution in [0.1, 0.15) is 22.4 Å². The molecule has 0 aliphatic carbocycles. The van der Waals surface area contributed by atoms with E-state index in [9.17, 15) is 13.2 Å². The minimum atomic E-state index is -4.49. The van der Waals surface area contributed by atoms with E-state index in [1.807, 2.05) is 13.0 Å². The molecule has 2 N–H and O–H groups in total. The lowest BCUT2D eigenvalue weighted by Gasteiger charge is -2.16. The quantitative estimate of drug-likeness (QED) is 0.932. The number of aryl methyl sites for hydroxylation is 2. The van der Waals surface area contributed by atoms with Crippen LogP contribution in [0.25, 0.3) is 0 Å². The molecule has 0 spiro atoms. The summed E-state index contributed by atoms with van der Waals surface area (Å²) in [6, 6.07) is 6.84. The van der Waals surface area contributed by atoms with Crippen LogP contribution in [0.4, 0.5) is 13.2 Å². The van der Waals surface area contributed by atoms with Crippen LogP contribution in [0.3, 0.4) is 0 Å². The number of benzene rings is 1. The molecule has 6 heteroatoms. The molecule has 0 aliphatic rings. The second kappa shape index (κ2) is 5.73. The molecule has 2 rings (SSSR count). The molecule has 0 saturated heterocycles. The smallest absolute Gasteiger partial charge is 0.419 e. The Kier molecular flexibility index (Phi) is 4.18. The standard InChI is InChI=1S/C15H15F3N2O/c1-9-7-10(2)20-14(11(9)8-19)21-13-6-4-3-5-12(13)15(16,17)18/h3-7H,8,19H2,1-2H3. The largest absolute Gasteiger partial charge is 0.438 e. The first-order valence-electron chi connectivity index (χ1n) is 6.34. The molecule has 112 valence electrons. The molecule has 0 saturated carbocycles. The Morgan fingerprint density at radius 1 is 1.19 bits per heavy atom. The van der Waals surface area contributed by atoms with Gasteiger partial charge in [0.15, 0.2) is 0 Å². The van der Waals surface area contributed by atoms with Gasteiger partial charge in [0.1, 0.15) is 5.75 Å². The summed E-state index contributed by atoms with van der Waals surface area (Å²) in [7, 11) is 0. The Labute approximate surface area is 120 Å².